The lowest BCUT2D eigenvalue weighted by molar-refractivity contribution is -0.138. The molecule has 1 N–H and O–H groups in total. The molecule has 0 radical (unpaired) electrons. The van der Waals surface area contributed by atoms with Crippen LogP contribution in [0.25, 0.3) is 0 Å². The van der Waals surface area contributed by atoms with Crippen molar-refractivity contribution in [2.75, 3.05) is 0 Å². The molecule has 1 aromatic carbocycles. The molecular formula is C14H17FO2. The van der Waals surface area contributed by atoms with Gasteiger partial charge in [-0.2, -0.15) is 0 Å². The molecule has 0 aliphatic heterocycles. The minimum atomic E-state index is -1.05. The lowest BCUT2D eigenvalue weighted by Gasteiger charge is -2.34. The van der Waals surface area contributed by atoms with E-state index < -0.39 is 17.6 Å². The van der Waals surface area contributed by atoms with Gasteiger partial charge in [0.25, 0.3) is 0 Å². The zero-order valence-corrected chi connectivity index (χ0v) is 9.95. The molecule has 1 saturated carbocycles. The van der Waals surface area contributed by atoms with Gasteiger partial charge in [-0.3, -0.25) is 4.79 Å². The van der Waals surface area contributed by atoms with Crippen molar-refractivity contribution in [2.24, 2.45) is 0 Å². The van der Waals surface area contributed by atoms with Gasteiger partial charge in [0.1, 0.15) is 5.67 Å². The van der Waals surface area contributed by atoms with Crippen molar-refractivity contribution in [1.29, 1.82) is 0 Å². The predicted octanol–water partition coefficient (Wildman–Crippen LogP) is 3.31. The maximum Gasteiger partial charge on any atom is 0.310 e. The number of carboxylic acid groups (broad SMARTS) is 1. The highest BCUT2D eigenvalue weighted by atomic mass is 19.1. The lowest BCUT2D eigenvalue weighted by atomic mass is 9.77. The van der Waals surface area contributed by atoms with Crippen LogP contribution in [0.5, 0.6) is 0 Å². The molecule has 2 nitrogen and oxygen atoms in total. The van der Waals surface area contributed by atoms with Gasteiger partial charge in [0, 0.05) is 6.42 Å². The second-order valence-corrected chi connectivity index (χ2v) is 4.99. The summed E-state index contributed by atoms with van der Waals surface area (Å²) in [6.07, 6.45) is 2.63. The quantitative estimate of drug-likeness (QED) is 0.870. The molecule has 0 heterocycles. The SMILES string of the molecule is CC(C(=O)O)c1cccc(CC2(F)CCC2)c1. The third kappa shape index (κ3) is 2.65. The second-order valence-electron chi connectivity index (χ2n) is 4.99. The molecule has 1 fully saturated rings. The van der Waals surface area contributed by atoms with Crippen LogP contribution in [0.1, 0.15) is 43.2 Å². The Balaban J connectivity index is 2.13. The minimum Gasteiger partial charge on any atom is -0.481 e. The number of benzene rings is 1. The molecule has 1 atom stereocenters. The molecule has 1 aliphatic rings. The average molecular weight is 236 g/mol. The Hall–Kier alpha value is -1.38. The number of alkyl halides is 1. The summed E-state index contributed by atoms with van der Waals surface area (Å²) in [7, 11) is 0. The van der Waals surface area contributed by atoms with Crippen LogP contribution in [-0.2, 0) is 11.2 Å². The summed E-state index contributed by atoms with van der Waals surface area (Å²) < 4.78 is 14.0. The van der Waals surface area contributed by atoms with Crippen molar-refractivity contribution in [2.45, 2.75) is 44.2 Å². The Bertz CT molecular complexity index is 424. The first kappa shape index (κ1) is 12.1. The number of hydrogen-bond donors (Lipinski definition) is 1. The zero-order valence-electron chi connectivity index (χ0n) is 9.95. The molecule has 92 valence electrons. The highest BCUT2D eigenvalue weighted by Crippen LogP contribution is 2.38. The van der Waals surface area contributed by atoms with Crippen molar-refractivity contribution in [3.05, 3.63) is 35.4 Å². The Labute approximate surface area is 100 Å². The van der Waals surface area contributed by atoms with Crippen molar-refractivity contribution in [1.82, 2.24) is 0 Å². The second kappa shape index (κ2) is 4.47. The lowest BCUT2D eigenvalue weighted by Crippen LogP contribution is -2.34. The fraction of sp³-hybridized carbons (Fsp3) is 0.500. The summed E-state index contributed by atoms with van der Waals surface area (Å²) in [4.78, 5) is 10.9. The highest BCUT2D eigenvalue weighted by Gasteiger charge is 2.36. The number of carbonyl (C=O) groups is 1. The van der Waals surface area contributed by atoms with Crippen LogP contribution >= 0.6 is 0 Å². The molecule has 0 spiro atoms. The monoisotopic (exact) mass is 236 g/mol. The van der Waals surface area contributed by atoms with Gasteiger partial charge in [0.05, 0.1) is 5.92 Å². The summed E-state index contributed by atoms with van der Waals surface area (Å²) in [5.41, 5.74) is 0.598. The van der Waals surface area contributed by atoms with E-state index in [9.17, 15) is 9.18 Å². The summed E-state index contributed by atoms with van der Waals surface area (Å²) in [6.45, 7) is 1.65. The Morgan fingerprint density at radius 1 is 1.53 bits per heavy atom. The normalized spacial score (nSPS) is 19.4. The smallest absolute Gasteiger partial charge is 0.310 e. The van der Waals surface area contributed by atoms with Gasteiger partial charge in [-0.15, -0.1) is 0 Å². The first-order chi connectivity index (χ1) is 8.00. The van der Waals surface area contributed by atoms with Gasteiger partial charge in [-0.05, 0) is 37.3 Å². The first-order valence-corrected chi connectivity index (χ1v) is 6.01. The summed E-state index contributed by atoms with van der Waals surface area (Å²) >= 11 is 0. The topological polar surface area (TPSA) is 37.3 Å². The highest BCUT2D eigenvalue weighted by molar-refractivity contribution is 5.75. The molecule has 0 saturated heterocycles. The predicted molar refractivity (Wildman–Crippen MR) is 63.9 cm³/mol. The number of aliphatic carboxylic acids is 1. The molecule has 0 amide bonds. The van der Waals surface area contributed by atoms with Crippen LogP contribution < -0.4 is 0 Å². The van der Waals surface area contributed by atoms with Gasteiger partial charge in [0.2, 0.25) is 0 Å². The largest absolute Gasteiger partial charge is 0.481 e. The fourth-order valence-corrected chi connectivity index (χ4v) is 2.22. The zero-order chi connectivity index (χ0) is 12.5. The van der Waals surface area contributed by atoms with Crippen molar-refractivity contribution in [3.8, 4) is 0 Å². The first-order valence-electron chi connectivity index (χ1n) is 6.01. The van der Waals surface area contributed by atoms with Crippen LogP contribution in [0.15, 0.2) is 24.3 Å². The Morgan fingerprint density at radius 3 is 2.76 bits per heavy atom. The summed E-state index contributed by atoms with van der Waals surface area (Å²) in [6, 6.07) is 7.29. The third-order valence-electron chi connectivity index (χ3n) is 3.59. The standard InChI is InChI=1S/C14H17FO2/c1-10(13(16)17)12-5-2-4-11(8-12)9-14(15)6-3-7-14/h2,4-5,8,10H,3,6-7,9H2,1H3,(H,16,17). The number of hydrogen-bond acceptors (Lipinski definition) is 1. The van der Waals surface area contributed by atoms with Gasteiger partial charge < -0.3 is 5.11 Å². The molecule has 1 unspecified atom stereocenters. The number of halogens is 1. The maximum atomic E-state index is 14.0. The van der Waals surface area contributed by atoms with Crippen LogP contribution in [0, 0.1) is 0 Å². The van der Waals surface area contributed by atoms with E-state index in [1.165, 1.54) is 0 Å². The number of rotatable bonds is 4. The third-order valence-corrected chi connectivity index (χ3v) is 3.59. The molecule has 17 heavy (non-hydrogen) atoms. The van der Waals surface area contributed by atoms with Crippen molar-refractivity contribution in [3.63, 3.8) is 0 Å². The van der Waals surface area contributed by atoms with Crippen molar-refractivity contribution >= 4 is 5.97 Å². The van der Waals surface area contributed by atoms with Gasteiger partial charge in [-0.1, -0.05) is 24.3 Å². The Morgan fingerprint density at radius 2 is 2.24 bits per heavy atom. The van der Waals surface area contributed by atoms with Gasteiger partial charge in [-0.25, -0.2) is 4.39 Å². The van der Waals surface area contributed by atoms with Crippen LogP contribution in [0.2, 0.25) is 0 Å². The Kier molecular flexibility index (Phi) is 3.18. The summed E-state index contributed by atoms with van der Waals surface area (Å²) in [5.74, 6) is -1.38. The molecular weight excluding hydrogens is 219 g/mol. The molecule has 1 aliphatic carbocycles. The van der Waals surface area contributed by atoms with E-state index in [0.29, 0.717) is 19.3 Å². The maximum absolute atomic E-state index is 14.0. The van der Waals surface area contributed by atoms with E-state index in [2.05, 4.69) is 0 Å². The summed E-state index contributed by atoms with van der Waals surface area (Å²) in [5, 5.41) is 8.94. The number of carboxylic acids is 1. The molecule has 0 bridgehead atoms. The molecule has 0 aromatic heterocycles. The molecule has 3 heteroatoms. The molecule has 1 aromatic rings. The molecule has 2 rings (SSSR count). The van der Waals surface area contributed by atoms with Crippen molar-refractivity contribution < 1.29 is 14.3 Å². The fourth-order valence-electron chi connectivity index (χ4n) is 2.22. The van der Waals surface area contributed by atoms with E-state index in [1.54, 1.807) is 13.0 Å². The van der Waals surface area contributed by atoms with E-state index in [1.807, 2.05) is 18.2 Å². The van der Waals surface area contributed by atoms with Crippen LogP contribution in [0.3, 0.4) is 0 Å². The van der Waals surface area contributed by atoms with Crippen LogP contribution in [-0.4, -0.2) is 16.7 Å². The minimum absolute atomic E-state index is 0.410. The van der Waals surface area contributed by atoms with Gasteiger partial charge in [0.15, 0.2) is 0 Å². The van der Waals surface area contributed by atoms with E-state index in [-0.39, 0.29) is 0 Å². The average Bonchev–Trinajstić information content (AvgIpc) is 2.26. The van der Waals surface area contributed by atoms with E-state index in [4.69, 9.17) is 5.11 Å². The van der Waals surface area contributed by atoms with Gasteiger partial charge >= 0.3 is 5.97 Å². The van der Waals surface area contributed by atoms with Crippen LogP contribution in [0.4, 0.5) is 4.39 Å². The van der Waals surface area contributed by atoms with E-state index in [0.717, 1.165) is 17.5 Å². The van der Waals surface area contributed by atoms with E-state index >= 15 is 0 Å².